The standard InChI is InChI=1S/C19H21ClFIN4O2S2/c1-3-14(4-2)19(22,25-30(27,28)17-10-9-16(20)29-17)18-23-12-24-26(18)11-13-5-7-15(21)8-6-13/h5-10,12,14,25H,3-4,11H2,1-2H3. The van der Waals surface area contributed by atoms with E-state index in [1.165, 1.54) is 24.5 Å². The number of hydrogen-bond acceptors (Lipinski definition) is 5. The maximum Gasteiger partial charge on any atom is 0.251 e. The fourth-order valence-corrected chi connectivity index (χ4v) is 8.19. The van der Waals surface area contributed by atoms with Crippen LogP contribution in [0.15, 0.2) is 46.9 Å². The number of rotatable bonds is 9. The SMILES string of the molecule is CCC(CC)C(I)(NS(=O)(=O)c1ccc(Cl)s1)c1ncnn1Cc1ccc(F)cc1. The van der Waals surface area contributed by atoms with Crippen LogP contribution in [0.2, 0.25) is 4.34 Å². The van der Waals surface area contributed by atoms with Crippen LogP contribution >= 0.6 is 45.5 Å². The zero-order chi connectivity index (χ0) is 21.9. The van der Waals surface area contributed by atoms with Gasteiger partial charge in [0.15, 0.2) is 5.82 Å². The van der Waals surface area contributed by atoms with E-state index in [2.05, 4.69) is 37.4 Å². The number of nitrogens with zero attached hydrogens (tertiary/aromatic N) is 3. The monoisotopic (exact) mass is 582 g/mol. The maximum absolute atomic E-state index is 13.3. The molecule has 3 aromatic rings. The molecule has 0 fully saturated rings. The van der Waals surface area contributed by atoms with Gasteiger partial charge in [-0.05, 0) is 35.7 Å². The molecule has 30 heavy (non-hydrogen) atoms. The minimum Gasteiger partial charge on any atom is -0.243 e. The van der Waals surface area contributed by atoms with E-state index in [1.807, 2.05) is 13.8 Å². The lowest BCUT2D eigenvalue weighted by molar-refractivity contribution is 0.334. The molecule has 0 radical (unpaired) electrons. The van der Waals surface area contributed by atoms with Crippen molar-refractivity contribution in [1.82, 2.24) is 19.5 Å². The highest BCUT2D eigenvalue weighted by molar-refractivity contribution is 14.1. The van der Waals surface area contributed by atoms with Crippen molar-refractivity contribution in [1.29, 1.82) is 0 Å². The van der Waals surface area contributed by atoms with E-state index in [0.29, 0.717) is 16.7 Å². The largest absolute Gasteiger partial charge is 0.251 e. The molecule has 0 saturated heterocycles. The first-order valence-corrected chi connectivity index (χ1v) is 13.1. The lowest BCUT2D eigenvalue weighted by atomic mass is 9.94. The second-order valence-corrected chi connectivity index (χ2v) is 12.1. The van der Waals surface area contributed by atoms with E-state index in [-0.39, 0.29) is 15.9 Å². The smallest absolute Gasteiger partial charge is 0.243 e. The number of thiophene rings is 1. The Morgan fingerprint density at radius 2 is 1.90 bits per heavy atom. The lowest BCUT2D eigenvalue weighted by Gasteiger charge is -2.34. The molecule has 1 unspecified atom stereocenters. The second-order valence-electron chi connectivity index (χ2n) is 6.76. The highest BCUT2D eigenvalue weighted by Crippen LogP contribution is 2.41. The predicted molar refractivity (Wildman–Crippen MR) is 125 cm³/mol. The van der Waals surface area contributed by atoms with Gasteiger partial charge in [0.1, 0.15) is 19.9 Å². The third-order valence-electron chi connectivity index (χ3n) is 4.83. The first kappa shape index (κ1) is 23.6. The van der Waals surface area contributed by atoms with Gasteiger partial charge in [-0.3, -0.25) is 0 Å². The molecule has 2 heterocycles. The van der Waals surface area contributed by atoms with Crippen molar-refractivity contribution in [2.45, 2.75) is 41.0 Å². The molecule has 0 amide bonds. The molecule has 0 aliphatic heterocycles. The number of halogens is 3. The molecular formula is C19H21ClFIN4O2S2. The molecule has 1 aromatic carbocycles. The Hall–Kier alpha value is -1.08. The quantitative estimate of drug-likeness (QED) is 0.214. The van der Waals surface area contributed by atoms with E-state index in [0.717, 1.165) is 29.7 Å². The average molecular weight is 583 g/mol. The van der Waals surface area contributed by atoms with Crippen LogP contribution in [0.4, 0.5) is 4.39 Å². The number of sulfonamides is 1. The fraction of sp³-hybridized carbons (Fsp3) is 0.368. The molecule has 0 saturated carbocycles. The fourth-order valence-electron chi connectivity index (χ4n) is 3.28. The Morgan fingerprint density at radius 1 is 1.23 bits per heavy atom. The summed E-state index contributed by atoms with van der Waals surface area (Å²) in [5.41, 5.74) is 0.833. The van der Waals surface area contributed by atoms with E-state index in [1.54, 1.807) is 22.9 Å². The summed E-state index contributed by atoms with van der Waals surface area (Å²) in [5.74, 6) is 0.132. The molecule has 3 rings (SSSR count). The van der Waals surface area contributed by atoms with Gasteiger partial charge < -0.3 is 0 Å². The van der Waals surface area contributed by atoms with Crippen LogP contribution in [0.5, 0.6) is 0 Å². The Kier molecular flexibility index (Phi) is 7.54. The molecule has 0 aliphatic rings. The van der Waals surface area contributed by atoms with Gasteiger partial charge in [0.2, 0.25) is 0 Å². The van der Waals surface area contributed by atoms with Crippen molar-refractivity contribution in [2.24, 2.45) is 5.92 Å². The number of benzene rings is 1. The molecule has 2 aromatic heterocycles. The predicted octanol–water partition coefficient (Wildman–Crippen LogP) is 5.18. The van der Waals surface area contributed by atoms with Crippen molar-refractivity contribution < 1.29 is 12.8 Å². The number of alkyl halides is 1. The number of nitrogens with one attached hydrogen (secondary N) is 1. The Balaban J connectivity index is 2.02. The van der Waals surface area contributed by atoms with E-state index in [4.69, 9.17) is 11.6 Å². The summed E-state index contributed by atoms with van der Waals surface area (Å²) in [6, 6.07) is 9.16. The molecule has 1 atom stereocenters. The highest BCUT2D eigenvalue weighted by atomic mass is 127. The summed E-state index contributed by atoms with van der Waals surface area (Å²) in [6.07, 6.45) is 2.87. The van der Waals surface area contributed by atoms with Crippen LogP contribution in [0, 0.1) is 11.7 Å². The van der Waals surface area contributed by atoms with Gasteiger partial charge in [-0.25, -0.2) is 22.5 Å². The van der Waals surface area contributed by atoms with Gasteiger partial charge in [-0.2, -0.15) is 9.82 Å². The topological polar surface area (TPSA) is 76.9 Å². The summed E-state index contributed by atoms with van der Waals surface area (Å²) in [4.78, 5) is 4.42. The second kappa shape index (κ2) is 9.60. The molecule has 11 heteroatoms. The van der Waals surface area contributed by atoms with Crippen LogP contribution in [0.25, 0.3) is 0 Å². The normalized spacial score (nSPS) is 14.2. The minimum atomic E-state index is -3.84. The van der Waals surface area contributed by atoms with Gasteiger partial charge in [0, 0.05) is 0 Å². The molecule has 6 nitrogen and oxygen atoms in total. The van der Waals surface area contributed by atoms with Crippen molar-refractivity contribution in [3.8, 4) is 0 Å². The maximum atomic E-state index is 13.3. The molecule has 1 N–H and O–H groups in total. The van der Waals surface area contributed by atoms with E-state index >= 15 is 0 Å². The molecule has 0 bridgehead atoms. The average Bonchev–Trinajstić information content (AvgIpc) is 3.34. The van der Waals surface area contributed by atoms with Crippen molar-refractivity contribution in [3.63, 3.8) is 0 Å². The molecular weight excluding hydrogens is 562 g/mol. The van der Waals surface area contributed by atoms with E-state index < -0.39 is 13.6 Å². The van der Waals surface area contributed by atoms with Gasteiger partial charge in [0.05, 0.1) is 10.9 Å². The van der Waals surface area contributed by atoms with Crippen molar-refractivity contribution in [3.05, 3.63) is 64.3 Å². The highest BCUT2D eigenvalue weighted by Gasteiger charge is 2.44. The third-order valence-corrected chi connectivity index (χ3v) is 10.0. The summed E-state index contributed by atoms with van der Waals surface area (Å²) in [6.45, 7) is 4.37. The minimum absolute atomic E-state index is 0.0422. The zero-order valence-corrected chi connectivity index (χ0v) is 20.9. The summed E-state index contributed by atoms with van der Waals surface area (Å²) >= 11 is 9.08. The van der Waals surface area contributed by atoms with Crippen LogP contribution in [-0.2, 0) is 20.1 Å². The molecule has 0 spiro atoms. The number of hydrogen-bond donors (Lipinski definition) is 1. The first-order chi connectivity index (χ1) is 14.2. The molecule has 0 aliphatic carbocycles. The summed E-state index contributed by atoms with van der Waals surface area (Å²) < 4.78 is 43.6. The lowest BCUT2D eigenvalue weighted by Crippen LogP contribution is -2.48. The Labute approximate surface area is 198 Å². The Bertz CT molecular complexity index is 1100. The van der Waals surface area contributed by atoms with E-state index in [9.17, 15) is 12.8 Å². The third kappa shape index (κ3) is 5.04. The Morgan fingerprint density at radius 3 is 2.47 bits per heavy atom. The van der Waals surface area contributed by atoms with Gasteiger partial charge in [0.25, 0.3) is 10.0 Å². The van der Waals surface area contributed by atoms with Crippen LogP contribution in [0.3, 0.4) is 0 Å². The van der Waals surface area contributed by atoms with Crippen molar-refractivity contribution >= 4 is 55.6 Å². The van der Waals surface area contributed by atoms with Gasteiger partial charge >= 0.3 is 0 Å². The van der Waals surface area contributed by atoms with Crippen LogP contribution in [-0.4, -0.2) is 23.2 Å². The van der Waals surface area contributed by atoms with Gasteiger partial charge in [-0.1, -0.05) is 73.0 Å². The first-order valence-electron chi connectivity index (χ1n) is 9.30. The van der Waals surface area contributed by atoms with Crippen LogP contribution in [0.1, 0.15) is 38.1 Å². The van der Waals surface area contributed by atoms with Crippen molar-refractivity contribution in [2.75, 3.05) is 0 Å². The summed E-state index contributed by atoms with van der Waals surface area (Å²) in [7, 11) is -3.84. The van der Waals surface area contributed by atoms with Gasteiger partial charge in [-0.15, -0.1) is 11.3 Å². The number of aromatic nitrogens is 3. The summed E-state index contributed by atoms with van der Waals surface area (Å²) in [5, 5.41) is 4.31. The van der Waals surface area contributed by atoms with Crippen LogP contribution < -0.4 is 4.72 Å². The molecule has 162 valence electrons. The zero-order valence-electron chi connectivity index (χ0n) is 16.3.